The Morgan fingerprint density at radius 2 is 2.11 bits per heavy atom. The first-order chi connectivity index (χ1) is 8.90. The minimum absolute atomic E-state index is 0.0448. The molecule has 1 aromatic carbocycles. The summed E-state index contributed by atoms with van der Waals surface area (Å²) in [5, 5.41) is 2.82. The molecule has 0 saturated heterocycles. The van der Waals surface area contributed by atoms with E-state index in [0.717, 1.165) is 0 Å². The van der Waals surface area contributed by atoms with Crippen molar-refractivity contribution >= 4 is 22.9 Å². The predicted octanol–water partition coefficient (Wildman–Crippen LogP) is 1.84. The average Bonchev–Trinajstić information content (AvgIpc) is 2.62. The SMILES string of the molecule is CC(C)NC(=O)C(C)n1c(N)nc2cc(F)ccc21. The predicted molar refractivity (Wildman–Crippen MR) is 72.1 cm³/mol. The standard InChI is InChI=1S/C13H17FN4O/c1-7(2)16-12(19)8(3)18-11-5-4-9(14)6-10(11)17-13(18)15/h4-8H,1-3H3,(H2,15,17)(H,16,19). The number of nitrogen functional groups attached to an aromatic ring is 1. The van der Waals surface area contributed by atoms with Crippen LogP contribution in [0.3, 0.4) is 0 Å². The van der Waals surface area contributed by atoms with Crippen LogP contribution in [0.5, 0.6) is 0 Å². The molecule has 3 N–H and O–H groups in total. The van der Waals surface area contributed by atoms with Crippen molar-refractivity contribution in [3.63, 3.8) is 0 Å². The van der Waals surface area contributed by atoms with Gasteiger partial charge in [0.05, 0.1) is 11.0 Å². The molecule has 1 heterocycles. The highest BCUT2D eigenvalue weighted by atomic mass is 19.1. The van der Waals surface area contributed by atoms with Crippen LogP contribution in [0.15, 0.2) is 18.2 Å². The molecule has 0 aliphatic carbocycles. The number of carbonyl (C=O) groups is 1. The summed E-state index contributed by atoms with van der Waals surface area (Å²) in [4.78, 5) is 16.1. The molecule has 0 spiro atoms. The van der Waals surface area contributed by atoms with E-state index in [1.54, 1.807) is 17.6 Å². The fourth-order valence-corrected chi connectivity index (χ4v) is 2.02. The Labute approximate surface area is 110 Å². The monoisotopic (exact) mass is 264 g/mol. The summed E-state index contributed by atoms with van der Waals surface area (Å²) in [5.41, 5.74) is 6.91. The second-order valence-corrected chi connectivity index (χ2v) is 4.81. The lowest BCUT2D eigenvalue weighted by molar-refractivity contribution is -0.124. The van der Waals surface area contributed by atoms with Crippen molar-refractivity contribution in [2.75, 3.05) is 5.73 Å². The van der Waals surface area contributed by atoms with Crippen LogP contribution in [0.1, 0.15) is 26.8 Å². The van der Waals surface area contributed by atoms with Gasteiger partial charge in [0.2, 0.25) is 11.9 Å². The third-order valence-corrected chi connectivity index (χ3v) is 2.88. The lowest BCUT2D eigenvalue weighted by Gasteiger charge is -2.17. The Morgan fingerprint density at radius 1 is 1.42 bits per heavy atom. The van der Waals surface area contributed by atoms with Gasteiger partial charge in [-0.3, -0.25) is 9.36 Å². The summed E-state index contributed by atoms with van der Waals surface area (Å²) in [6.45, 7) is 5.50. The third kappa shape index (κ3) is 2.52. The molecule has 0 bridgehead atoms. The molecular weight excluding hydrogens is 247 g/mol. The molecule has 5 nitrogen and oxygen atoms in total. The highest BCUT2D eigenvalue weighted by Crippen LogP contribution is 2.23. The summed E-state index contributed by atoms with van der Waals surface area (Å²) in [5.74, 6) is -0.325. The summed E-state index contributed by atoms with van der Waals surface area (Å²) >= 11 is 0. The zero-order valence-corrected chi connectivity index (χ0v) is 11.1. The van der Waals surface area contributed by atoms with Crippen LogP contribution >= 0.6 is 0 Å². The first kappa shape index (κ1) is 13.3. The number of carbonyl (C=O) groups excluding carboxylic acids is 1. The molecule has 0 saturated carbocycles. The van der Waals surface area contributed by atoms with Gasteiger partial charge >= 0.3 is 0 Å². The highest BCUT2D eigenvalue weighted by molar-refractivity contribution is 5.85. The summed E-state index contributed by atoms with van der Waals surface area (Å²) in [6.07, 6.45) is 0. The maximum absolute atomic E-state index is 13.1. The van der Waals surface area contributed by atoms with E-state index in [1.807, 2.05) is 13.8 Å². The molecule has 0 aliphatic rings. The number of nitrogens with one attached hydrogen (secondary N) is 1. The number of amides is 1. The van der Waals surface area contributed by atoms with Gasteiger partial charge in [-0.25, -0.2) is 9.37 Å². The highest BCUT2D eigenvalue weighted by Gasteiger charge is 2.20. The molecule has 1 amide bonds. The Morgan fingerprint density at radius 3 is 2.74 bits per heavy atom. The van der Waals surface area contributed by atoms with Crippen molar-refractivity contribution in [3.05, 3.63) is 24.0 Å². The lowest BCUT2D eigenvalue weighted by atomic mass is 10.2. The molecule has 0 fully saturated rings. The molecule has 2 rings (SSSR count). The van der Waals surface area contributed by atoms with Crippen LogP contribution in [0.4, 0.5) is 10.3 Å². The Hall–Kier alpha value is -2.11. The molecular formula is C13H17FN4O. The van der Waals surface area contributed by atoms with Gasteiger partial charge in [0.1, 0.15) is 11.9 Å². The van der Waals surface area contributed by atoms with Gasteiger partial charge < -0.3 is 11.1 Å². The van der Waals surface area contributed by atoms with Gasteiger partial charge in [-0.1, -0.05) is 0 Å². The maximum Gasteiger partial charge on any atom is 0.243 e. The molecule has 1 aromatic heterocycles. The quantitative estimate of drug-likeness (QED) is 0.888. The first-order valence-electron chi connectivity index (χ1n) is 6.13. The van der Waals surface area contributed by atoms with E-state index in [2.05, 4.69) is 10.3 Å². The molecule has 1 atom stereocenters. The van der Waals surface area contributed by atoms with Gasteiger partial charge in [-0.15, -0.1) is 0 Å². The zero-order chi connectivity index (χ0) is 14.2. The molecule has 1 unspecified atom stereocenters. The number of nitrogens with two attached hydrogens (primary N) is 1. The lowest BCUT2D eigenvalue weighted by Crippen LogP contribution is -2.36. The summed E-state index contributed by atoms with van der Waals surface area (Å²) in [7, 11) is 0. The second kappa shape index (κ2) is 4.87. The number of aromatic nitrogens is 2. The molecule has 0 aliphatic heterocycles. The fourth-order valence-electron chi connectivity index (χ4n) is 2.02. The van der Waals surface area contributed by atoms with Crippen molar-refractivity contribution in [2.24, 2.45) is 0 Å². The number of fused-ring (bicyclic) bond motifs is 1. The Kier molecular flexibility index (Phi) is 3.42. The van der Waals surface area contributed by atoms with E-state index in [0.29, 0.717) is 11.0 Å². The maximum atomic E-state index is 13.1. The number of imidazole rings is 1. The Bertz CT molecular complexity index is 620. The fraction of sp³-hybridized carbons (Fsp3) is 0.385. The minimum atomic E-state index is -0.502. The van der Waals surface area contributed by atoms with E-state index in [1.165, 1.54) is 12.1 Å². The smallest absolute Gasteiger partial charge is 0.243 e. The van der Waals surface area contributed by atoms with Crippen molar-refractivity contribution in [1.82, 2.24) is 14.9 Å². The van der Waals surface area contributed by atoms with Crippen LogP contribution in [-0.2, 0) is 4.79 Å². The number of benzene rings is 1. The number of halogens is 1. The van der Waals surface area contributed by atoms with Crippen molar-refractivity contribution in [1.29, 1.82) is 0 Å². The van der Waals surface area contributed by atoms with Gasteiger partial charge in [0.25, 0.3) is 0 Å². The van der Waals surface area contributed by atoms with Crippen molar-refractivity contribution in [3.8, 4) is 0 Å². The van der Waals surface area contributed by atoms with Gasteiger partial charge in [0, 0.05) is 12.1 Å². The second-order valence-electron chi connectivity index (χ2n) is 4.81. The molecule has 19 heavy (non-hydrogen) atoms. The van der Waals surface area contributed by atoms with Crippen molar-refractivity contribution < 1.29 is 9.18 Å². The largest absolute Gasteiger partial charge is 0.369 e. The number of hydrogen-bond acceptors (Lipinski definition) is 3. The van der Waals surface area contributed by atoms with E-state index in [4.69, 9.17) is 5.73 Å². The topological polar surface area (TPSA) is 72.9 Å². The van der Waals surface area contributed by atoms with E-state index in [9.17, 15) is 9.18 Å². The van der Waals surface area contributed by atoms with Crippen LogP contribution in [-0.4, -0.2) is 21.5 Å². The van der Waals surface area contributed by atoms with Crippen LogP contribution < -0.4 is 11.1 Å². The van der Waals surface area contributed by atoms with Crippen LogP contribution in [0, 0.1) is 5.82 Å². The van der Waals surface area contributed by atoms with E-state index in [-0.39, 0.29) is 23.7 Å². The molecule has 2 aromatic rings. The average molecular weight is 264 g/mol. The van der Waals surface area contributed by atoms with Crippen molar-refractivity contribution in [2.45, 2.75) is 32.9 Å². The third-order valence-electron chi connectivity index (χ3n) is 2.88. The molecule has 6 heteroatoms. The number of hydrogen-bond donors (Lipinski definition) is 2. The van der Waals surface area contributed by atoms with Crippen LogP contribution in [0.2, 0.25) is 0 Å². The molecule has 0 radical (unpaired) electrons. The number of nitrogens with zero attached hydrogens (tertiary/aromatic N) is 2. The van der Waals surface area contributed by atoms with Gasteiger partial charge in [-0.05, 0) is 32.9 Å². The van der Waals surface area contributed by atoms with Crippen LogP contribution in [0.25, 0.3) is 11.0 Å². The number of anilines is 1. The van der Waals surface area contributed by atoms with E-state index >= 15 is 0 Å². The zero-order valence-electron chi connectivity index (χ0n) is 11.1. The molecule has 102 valence electrons. The van der Waals surface area contributed by atoms with Gasteiger partial charge in [0.15, 0.2) is 0 Å². The normalized spacial score (nSPS) is 12.9. The first-order valence-corrected chi connectivity index (χ1v) is 6.13. The summed E-state index contributed by atoms with van der Waals surface area (Å²) < 4.78 is 14.7. The van der Waals surface area contributed by atoms with E-state index < -0.39 is 6.04 Å². The summed E-state index contributed by atoms with van der Waals surface area (Å²) in [6, 6.07) is 3.75. The van der Waals surface area contributed by atoms with Gasteiger partial charge in [-0.2, -0.15) is 0 Å². The number of rotatable bonds is 3. The Balaban J connectivity index is 2.44. The minimum Gasteiger partial charge on any atom is -0.369 e.